The van der Waals surface area contributed by atoms with Crippen LogP contribution in [-0.4, -0.2) is 4.92 Å². The van der Waals surface area contributed by atoms with Crippen molar-refractivity contribution in [2.24, 2.45) is 0 Å². The van der Waals surface area contributed by atoms with Crippen molar-refractivity contribution in [1.29, 1.82) is 0 Å². The predicted molar refractivity (Wildman–Crippen MR) is 75.9 cm³/mol. The molecule has 0 amide bonds. The van der Waals surface area contributed by atoms with Crippen LogP contribution in [0.5, 0.6) is 0 Å². The van der Waals surface area contributed by atoms with Crippen LogP contribution in [0.4, 0.5) is 21.5 Å². The molecule has 0 saturated carbocycles. The Morgan fingerprint density at radius 3 is 2.50 bits per heavy atom. The summed E-state index contributed by atoms with van der Waals surface area (Å²) in [5.41, 5.74) is 6.75. The highest BCUT2D eigenvalue weighted by Gasteiger charge is 2.21. The number of nitro groups is 1. The molecule has 1 unspecified atom stereocenters. The predicted octanol–water partition coefficient (Wildman–Crippen LogP) is 3.49. The topological polar surface area (TPSA) is 81.2 Å². The summed E-state index contributed by atoms with van der Waals surface area (Å²) in [5, 5.41) is 13.9. The van der Waals surface area contributed by atoms with Crippen molar-refractivity contribution < 1.29 is 9.31 Å². The second-order valence-corrected chi connectivity index (χ2v) is 4.43. The van der Waals surface area contributed by atoms with Crippen molar-refractivity contribution in [2.45, 2.75) is 13.0 Å². The van der Waals surface area contributed by atoms with E-state index >= 15 is 0 Å². The van der Waals surface area contributed by atoms with Gasteiger partial charge in [-0.1, -0.05) is 18.2 Å². The van der Waals surface area contributed by atoms with Crippen LogP contribution in [-0.2, 0) is 0 Å². The Bertz CT molecular complexity index is 629. The molecule has 2 rings (SSSR count). The number of rotatable bonds is 4. The highest BCUT2D eigenvalue weighted by molar-refractivity contribution is 5.62. The van der Waals surface area contributed by atoms with Gasteiger partial charge in [0.2, 0.25) is 5.82 Å². The van der Waals surface area contributed by atoms with Crippen LogP contribution in [0.3, 0.4) is 0 Å². The van der Waals surface area contributed by atoms with E-state index in [1.54, 1.807) is 12.1 Å². The molecule has 104 valence electrons. The molecule has 0 aliphatic rings. The maximum absolute atomic E-state index is 13.5. The summed E-state index contributed by atoms with van der Waals surface area (Å²) in [6.07, 6.45) is 0. The number of nitrogen functional groups attached to an aromatic ring is 1. The van der Waals surface area contributed by atoms with Crippen LogP contribution in [0.25, 0.3) is 0 Å². The first-order valence-electron chi connectivity index (χ1n) is 6.04. The molecule has 20 heavy (non-hydrogen) atoms. The highest BCUT2D eigenvalue weighted by Crippen LogP contribution is 2.30. The monoisotopic (exact) mass is 275 g/mol. The minimum atomic E-state index is -0.857. The number of nitro benzene ring substituents is 1. The van der Waals surface area contributed by atoms with E-state index in [0.29, 0.717) is 5.69 Å². The number of nitrogens with two attached hydrogens (primary N) is 1. The maximum atomic E-state index is 13.5. The molecule has 2 aromatic carbocycles. The Balaban J connectivity index is 2.28. The first kappa shape index (κ1) is 13.8. The Hall–Kier alpha value is -2.63. The van der Waals surface area contributed by atoms with E-state index in [1.807, 2.05) is 19.1 Å². The van der Waals surface area contributed by atoms with E-state index < -0.39 is 16.4 Å². The number of hydrogen-bond donors (Lipinski definition) is 2. The van der Waals surface area contributed by atoms with Crippen LogP contribution < -0.4 is 11.1 Å². The molecule has 0 fully saturated rings. The molecule has 5 nitrogen and oxygen atoms in total. The molecule has 1 atom stereocenters. The summed E-state index contributed by atoms with van der Waals surface area (Å²) in [5.74, 6) is -0.857. The second-order valence-electron chi connectivity index (χ2n) is 4.43. The molecule has 0 radical (unpaired) electrons. The molecule has 0 spiro atoms. The lowest BCUT2D eigenvalue weighted by atomic mass is 10.1. The van der Waals surface area contributed by atoms with Gasteiger partial charge in [-0.25, -0.2) is 0 Å². The third-order valence-electron chi connectivity index (χ3n) is 2.98. The maximum Gasteiger partial charge on any atom is 0.327 e. The number of anilines is 2. The minimum Gasteiger partial charge on any atom is -0.399 e. The lowest BCUT2D eigenvalue weighted by Crippen LogP contribution is -2.09. The SMILES string of the molecule is CC(Nc1cccc(F)c1[N+](=O)[O-])c1ccc(N)cc1. The molecule has 6 heteroatoms. The van der Waals surface area contributed by atoms with Crippen LogP contribution in [0, 0.1) is 15.9 Å². The van der Waals surface area contributed by atoms with Gasteiger partial charge in [0.25, 0.3) is 0 Å². The molecule has 2 aromatic rings. The Labute approximate surface area is 115 Å². The van der Waals surface area contributed by atoms with Gasteiger partial charge in [0.1, 0.15) is 5.69 Å². The van der Waals surface area contributed by atoms with E-state index in [0.717, 1.165) is 11.6 Å². The van der Waals surface area contributed by atoms with Gasteiger partial charge in [-0.05, 0) is 36.8 Å². The van der Waals surface area contributed by atoms with E-state index in [4.69, 9.17) is 5.73 Å². The van der Waals surface area contributed by atoms with Gasteiger partial charge >= 0.3 is 5.69 Å². The zero-order chi connectivity index (χ0) is 14.7. The largest absolute Gasteiger partial charge is 0.399 e. The van der Waals surface area contributed by atoms with Crippen molar-refractivity contribution >= 4 is 17.1 Å². The van der Waals surface area contributed by atoms with Crippen molar-refractivity contribution in [3.8, 4) is 0 Å². The summed E-state index contributed by atoms with van der Waals surface area (Å²) < 4.78 is 13.5. The van der Waals surface area contributed by atoms with Crippen LogP contribution in [0.1, 0.15) is 18.5 Å². The molecule has 3 N–H and O–H groups in total. The lowest BCUT2D eigenvalue weighted by molar-refractivity contribution is -0.386. The molecule has 0 heterocycles. The first-order chi connectivity index (χ1) is 9.49. The number of benzene rings is 2. The third kappa shape index (κ3) is 2.85. The number of nitrogens with one attached hydrogen (secondary N) is 1. The van der Waals surface area contributed by atoms with Crippen LogP contribution >= 0.6 is 0 Å². The van der Waals surface area contributed by atoms with Gasteiger partial charge in [0, 0.05) is 11.7 Å². The van der Waals surface area contributed by atoms with Crippen LogP contribution in [0.15, 0.2) is 42.5 Å². The van der Waals surface area contributed by atoms with Gasteiger partial charge < -0.3 is 11.1 Å². The summed E-state index contributed by atoms with van der Waals surface area (Å²) in [6.45, 7) is 1.83. The lowest BCUT2D eigenvalue weighted by Gasteiger charge is -2.16. The zero-order valence-electron chi connectivity index (χ0n) is 10.8. The first-order valence-corrected chi connectivity index (χ1v) is 6.04. The average molecular weight is 275 g/mol. The van der Waals surface area contributed by atoms with Crippen LogP contribution in [0.2, 0.25) is 0 Å². The third-order valence-corrected chi connectivity index (χ3v) is 2.98. The minimum absolute atomic E-state index is 0.152. The molecule has 0 bridgehead atoms. The quantitative estimate of drug-likeness (QED) is 0.508. The van der Waals surface area contributed by atoms with E-state index in [1.165, 1.54) is 12.1 Å². The summed E-state index contributed by atoms with van der Waals surface area (Å²) >= 11 is 0. The fourth-order valence-electron chi connectivity index (χ4n) is 1.92. The molecular weight excluding hydrogens is 261 g/mol. The molecular formula is C14H14FN3O2. The molecule has 0 aliphatic heterocycles. The summed E-state index contributed by atoms with van der Waals surface area (Å²) in [4.78, 5) is 10.2. The van der Waals surface area contributed by atoms with E-state index in [-0.39, 0.29) is 11.7 Å². The highest BCUT2D eigenvalue weighted by atomic mass is 19.1. The van der Waals surface area contributed by atoms with E-state index in [2.05, 4.69) is 5.32 Å². The van der Waals surface area contributed by atoms with Crippen molar-refractivity contribution in [3.63, 3.8) is 0 Å². The molecule has 0 saturated heterocycles. The van der Waals surface area contributed by atoms with Gasteiger partial charge in [0.15, 0.2) is 0 Å². The smallest absolute Gasteiger partial charge is 0.327 e. The standard InChI is InChI=1S/C14H14FN3O2/c1-9(10-5-7-11(16)8-6-10)17-13-4-2-3-12(15)14(13)18(19)20/h2-9,17H,16H2,1H3. The Morgan fingerprint density at radius 1 is 1.25 bits per heavy atom. The van der Waals surface area contributed by atoms with Crippen molar-refractivity contribution in [2.75, 3.05) is 11.1 Å². The summed E-state index contributed by atoms with van der Waals surface area (Å²) in [7, 11) is 0. The zero-order valence-corrected chi connectivity index (χ0v) is 10.8. The van der Waals surface area contributed by atoms with Gasteiger partial charge in [-0.3, -0.25) is 10.1 Å². The van der Waals surface area contributed by atoms with Crippen molar-refractivity contribution in [1.82, 2.24) is 0 Å². The number of halogens is 1. The molecule has 0 aromatic heterocycles. The number of hydrogen-bond acceptors (Lipinski definition) is 4. The second kappa shape index (κ2) is 5.56. The van der Waals surface area contributed by atoms with Gasteiger partial charge in [-0.15, -0.1) is 0 Å². The van der Waals surface area contributed by atoms with Gasteiger partial charge in [0.05, 0.1) is 4.92 Å². The van der Waals surface area contributed by atoms with E-state index in [9.17, 15) is 14.5 Å². The van der Waals surface area contributed by atoms with Crippen molar-refractivity contribution in [3.05, 3.63) is 64.0 Å². The fraction of sp³-hybridized carbons (Fsp3) is 0.143. The van der Waals surface area contributed by atoms with Gasteiger partial charge in [-0.2, -0.15) is 4.39 Å². The normalized spacial score (nSPS) is 11.9. The Kier molecular flexibility index (Phi) is 3.84. The summed E-state index contributed by atoms with van der Waals surface area (Å²) in [6, 6.07) is 10.9. The molecule has 0 aliphatic carbocycles. The average Bonchev–Trinajstić information content (AvgIpc) is 2.39. The Morgan fingerprint density at radius 2 is 1.90 bits per heavy atom. The fourth-order valence-corrected chi connectivity index (χ4v) is 1.92. The number of para-hydroxylation sites is 1. The number of nitrogens with zero attached hydrogens (tertiary/aromatic N) is 1.